The van der Waals surface area contributed by atoms with Gasteiger partial charge in [0, 0.05) is 18.6 Å². The van der Waals surface area contributed by atoms with Gasteiger partial charge in [-0.3, -0.25) is 9.59 Å². The maximum absolute atomic E-state index is 13.1. The van der Waals surface area contributed by atoms with Gasteiger partial charge in [-0.2, -0.15) is 0 Å². The van der Waals surface area contributed by atoms with Crippen molar-refractivity contribution in [1.29, 1.82) is 0 Å². The maximum atomic E-state index is 13.1. The molecule has 1 N–H and O–H groups in total. The number of ether oxygens (including phenoxy) is 1. The minimum Gasteiger partial charge on any atom is -0.483 e. The van der Waals surface area contributed by atoms with Gasteiger partial charge in [0.1, 0.15) is 11.8 Å². The van der Waals surface area contributed by atoms with E-state index in [1.165, 1.54) is 0 Å². The second-order valence-corrected chi connectivity index (χ2v) is 7.62. The van der Waals surface area contributed by atoms with Crippen molar-refractivity contribution in [2.45, 2.75) is 46.7 Å². The van der Waals surface area contributed by atoms with E-state index in [0.29, 0.717) is 23.7 Å². The van der Waals surface area contributed by atoms with Crippen LogP contribution in [0.3, 0.4) is 0 Å². The average molecular weight is 417 g/mol. The first-order valence-electron chi connectivity index (χ1n) is 9.73. The van der Waals surface area contributed by atoms with Crippen LogP contribution in [0.2, 0.25) is 5.02 Å². The lowest BCUT2D eigenvalue weighted by atomic mass is 10.1. The SMILES string of the molecule is CC[C@H](C(=O)NC)N(Cc1ccc(Cl)cc1)C(=O)COc1cc(C)cc(C)c1C. The molecule has 0 aliphatic rings. The number of nitrogens with zero attached hydrogens (tertiary/aromatic N) is 1. The van der Waals surface area contributed by atoms with Gasteiger partial charge in [-0.25, -0.2) is 0 Å². The summed E-state index contributed by atoms with van der Waals surface area (Å²) in [7, 11) is 1.57. The topological polar surface area (TPSA) is 58.6 Å². The van der Waals surface area contributed by atoms with Gasteiger partial charge in [-0.15, -0.1) is 0 Å². The molecular weight excluding hydrogens is 388 g/mol. The highest BCUT2D eigenvalue weighted by atomic mass is 35.5. The summed E-state index contributed by atoms with van der Waals surface area (Å²) in [5.41, 5.74) is 4.09. The van der Waals surface area contributed by atoms with Crippen LogP contribution in [0.1, 0.15) is 35.6 Å². The van der Waals surface area contributed by atoms with E-state index in [1.807, 2.05) is 45.9 Å². The largest absolute Gasteiger partial charge is 0.483 e. The van der Waals surface area contributed by atoms with Crippen LogP contribution in [0.25, 0.3) is 0 Å². The van der Waals surface area contributed by atoms with Crippen molar-refractivity contribution in [2.75, 3.05) is 13.7 Å². The van der Waals surface area contributed by atoms with Crippen LogP contribution in [-0.4, -0.2) is 36.4 Å². The van der Waals surface area contributed by atoms with Crippen LogP contribution in [0.5, 0.6) is 5.75 Å². The Morgan fingerprint density at radius 2 is 1.79 bits per heavy atom. The molecule has 0 saturated carbocycles. The molecule has 0 aliphatic heterocycles. The summed E-state index contributed by atoms with van der Waals surface area (Å²) in [5.74, 6) is 0.252. The molecule has 6 heteroatoms. The normalized spacial score (nSPS) is 11.7. The van der Waals surface area contributed by atoms with Crippen LogP contribution in [0.15, 0.2) is 36.4 Å². The first kappa shape index (κ1) is 22.8. The van der Waals surface area contributed by atoms with E-state index >= 15 is 0 Å². The first-order chi connectivity index (χ1) is 13.8. The second kappa shape index (κ2) is 10.3. The Hall–Kier alpha value is -2.53. The summed E-state index contributed by atoms with van der Waals surface area (Å²) < 4.78 is 5.86. The number of hydrogen-bond donors (Lipinski definition) is 1. The molecule has 2 aromatic carbocycles. The fourth-order valence-corrected chi connectivity index (χ4v) is 3.37. The zero-order valence-electron chi connectivity index (χ0n) is 17.7. The number of likely N-dealkylation sites (N-methyl/N-ethyl adjacent to an activating group) is 1. The van der Waals surface area contributed by atoms with Crippen LogP contribution >= 0.6 is 11.6 Å². The summed E-state index contributed by atoms with van der Waals surface area (Å²) in [6.07, 6.45) is 0.502. The van der Waals surface area contributed by atoms with E-state index in [-0.39, 0.29) is 18.4 Å². The number of carbonyl (C=O) groups excluding carboxylic acids is 2. The Morgan fingerprint density at radius 1 is 1.14 bits per heavy atom. The van der Waals surface area contributed by atoms with Crippen LogP contribution in [0, 0.1) is 20.8 Å². The standard InChI is InChI=1S/C23H29ClN2O3/c1-6-20(23(28)25-5)26(13-18-7-9-19(24)10-8-18)22(27)14-29-21-12-15(2)11-16(3)17(21)4/h7-12,20H,6,13-14H2,1-5H3,(H,25,28)/t20-/m1/s1. The molecule has 2 aromatic rings. The summed E-state index contributed by atoms with van der Waals surface area (Å²) in [4.78, 5) is 27.0. The van der Waals surface area contributed by atoms with Crippen molar-refractivity contribution in [3.8, 4) is 5.75 Å². The van der Waals surface area contributed by atoms with Gasteiger partial charge in [0.15, 0.2) is 6.61 Å². The van der Waals surface area contributed by atoms with E-state index in [2.05, 4.69) is 11.4 Å². The molecule has 0 unspecified atom stereocenters. The summed E-state index contributed by atoms with van der Waals surface area (Å²) >= 11 is 5.97. The molecule has 156 valence electrons. The predicted octanol–water partition coefficient (Wildman–Crippen LogP) is 4.20. The Balaban J connectivity index is 2.23. The molecule has 0 aliphatic carbocycles. The van der Waals surface area contributed by atoms with Crippen molar-refractivity contribution in [3.05, 3.63) is 63.7 Å². The van der Waals surface area contributed by atoms with E-state index in [4.69, 9.17) is 16.3 Å². The number of amides is 2. The first-order valence-corrected chi connectivity index (χ1v) is 10.1. The second-order valence-electron chi connectivity index (χ2n) is 7.18. The lowest BCUT2D eigenvalue weighted by molar-refractivity contribution is -0.142. The summed E-state index contributed by atoms with van der Waals surface area (Å²) in [6, 6.07) is 10.7. The van der Waals surface area contributed by atoms with Gasteiger partial charge < -0.3 is 15.0 Å². The predicted molar refractivity (Wildman–Crippen MR) is 116 cm³/mol. The van der Waals surface area contributed by atoms with E-state index in [0.717, 1.165) is 22.3 Å². The molecule has 0 heterocycles. The quantitative estimate of drug-likeness (QED) is 0.701. The molecule has 0 aromatic heterocycles. The molecule has 0 bridgehead atoms. The van der Waals surface area contributed by atoms with Gasteiger partial charge in [0.05, 0.1) is 0 Å². The number of rotatable bonds is 8. The maximum Gasteiger partial charge on any atom is 0.261 e. The Bertz CT molecular complexity index is 865. The third kappa shape index (κ3) is 5.97. The summed E-state index contributed by atoms with van der Waals surface area (Å²) in [6.45, 7) is 8.04. The molecule has 0 fully saturated rings. The van der Waals surface area contributed by atoms with Crippen molar-refractivity contribution in [3.63, 3.8) is 0 Å². The Labute approximate surface area is 178 Å². The molecule has 29 heavy (non-hydrogen) atoms. The fraction of sp³-hybridized carbons (Fsp3) is 0.391. The van der Waals surface area contributed by atoms with Gasteiger partial charge in [-0.05, 0) is 67.6 Å². The zero-order valence-corrected chi connectivity index (χ0v) is 18.5. The van der Waals surface area contributed by atoms with E-state index < -0.39 is 6.04 Å². The van der Waals surface area contributed by atoms with Crippen molar-refractivity contribution < 1.29 is 14.3 Å². The van der Waals surface area contributed by atoms with Gasteiger partial charge >= 0.3 is 0 Å². The minimum absolute atomic E-state index is 0.134. The molecule has 2 amide bonds. The van der Waals surface area contributed by atoms with Crippen molar-refractivity contribution >= 4 is 23.4 Å². The van der Waals surface area contributed by atoms with Crippen molar-refractivity contribution in [1.82, 2.24) is 10.2 Å². The van der Waals surface area contributed by atoms with Crippen LogP contribution in [0.4, 0.5) is 0 Å². The molecule has 5 nitrogen and oxygen atoms in total. The highest BCUT2D eigenvalue weighted by Crippen LogP contribution is 2.23. The van der Waals surface area contributed by atoms with Crippen molar-refractivity contribution in [2.24, 2.45) is 0 Å². The molecule has 0 radical (unpaired) electrons. The lowest BCUT2D eigenvalue weighted by Crippen LogP contribution is -2.49. The van der Waals surface area contributed by atoms with Gasteiger partial charge in [0.2, 0.25) is 5.91 Å². The third-order valence-corrected chi connectivity index (χ3v) is 5.27. The number of halogens is 1. The van der Waals surface area contributed by atoms with Crippen LogP contribution in [-0.2, 0) is 16.1 Å². The highest BCUT2D eigenvalue weighted by Gasteiger charge is 2.28. The van der Waals surface area contributed by atoms with Gasteiger partial charge in [0.25, 0.3) is 5.91 Å². The number of hydrogen-bond acceptors (Lipinski definition) is 3. The zero-order chi connectivity index (χ0) is 21.6. The number of nitrogens with one attached hydrogen (secondary N) is 1. The average Bonchev–Trinajstić information content (AvgIpc) is 2.70. The van der Waals surface area contributed by atoms with E-state index in [1.54, 1.807) is 24.1 Å². The molecule has 0 spiro atoms. The molecular formula is C23H29ClN2O3. The smallest absolute Gasteiger partial charge is 0.261 e. The monoisotopic (exact) mass is 416 g/mol. The molecule has 0 saturated heterocycles. The minimum atomic E-state index is -0.577. The van der Waals surface area contributed by atoms with E-state index in [9.17, 15) is 9.59 Å². The fourth-order valence-electron chi connectivity index (χ4n) is 3.25. The number of benzene rings is 2. The summed E-state index contributed by atoms with van der Waals surface area (Å²) in [5, 5.41) is 3.27. The number of carbonyl (C=O) groups is 2. The van der Waals surface area contributed by atoms with Gasteiger partial charge in [-0.1, -0.05) is 36.7 Å². The molecule has 2 rings (SSSR count). The number of aryl methyl sites for hydroxylation is 2. The third-order valence-electron chi connectivity index (χ3n) is 5.01. The molecule has 1 atom stereocenters. The van der Waals surface area contributed by atoms with Crippen LogP contribution < -0.4 is 10.1 Å². The lowest BCUT2D eigenvalue weighted by Gasteiger charge is -2.30. The highest BCUT2D eigenvalue weighted by molar-refractivity contribution is 6.30. The Kier molecular flexibility index (Phi) is 8.09. The Morgan fingerprint density at radius 3 is 2.38 bits per heavy atom.